The Bertz CT molecular complexity index is 1570. The summed E-state index contributed by atoms with van der Waals surface area (Å²) in [5, 5.41) is 0. The van der Waals surface area contributed by atoms with Gasteiger partial charge in [0.15, 0.2) is 0 Å². The number of carbonyl (C=O) groups is 2. The van der Waals surface area contributed by atoms with Crippen LogP contribution in [0.25, 0.3) is 22.3 Å². The zero-order valence-corrected chi connectivity index (χ0v) is 20.4. The van der Waals surface area contributed by atoms with Gasteiger partial charge in [0.1, 0.15) is 22.8 Å². The van der Waals surface area contributed by atoms with Crippen LogP contribution in [0.15, 0.2) is 85.5 Å². The van der Waals surface area contributed by atoms with Crippen LogP contribution in [0.5, 0.6) is 0 Å². The van der Waals surface area contributed by atoms with Crippen molar-refractivity contribution in [1.82, 2.24) is 19.9 Å². The summed E-state index contributed by atoms with van der Waals surface area (Å²) < 4.78 is 0. The lowest BCUT2D eigenvalue weighted by Crippen LogP contribution is -2.08. The number of aryl methyl sites for hydroxylation is 1. The second-order valence-electron chi connectivity index (χ2n) is 8.74. The monoisotopic (exact) mass is 501 g/mol. The lowest BCUT2D eigenvalue weighted by atomic mass is 9.99. The van der Waals surface area contributed by atoms with Gasteiger partial charge < -0.3 is 17.2 Å². The third-order valence-corrected chi connectivity index (χ3v) is 6.01. The second-order valence-corrected chi connectivity index (χ2v) is 8.74. The van der Waals surface area contributed by atoms with Crippen molar-refractivity contribution in [2.75, 3.05) is 17.2 Å². The maximum absolute atomic E-state index is 12.8. The van der Waals surface area contributed by atoms with E-state index in [9.17, 15) is 9.59 Å². The number of hydrogen-bond donors (Lipinski definition) is 3. The molecule has 0 atom stereocenters. The van der Waals surface area contributed by atoms with Gasteiger partial charge in [0.2, 0.25) is 11.6 Å². The lowest BCUT2D eigenvalue weighted by molar-refractivity contribution is 0.102. The van der Waals surface area contributed by atoms with Gasteiger partial charge in [-0.3, -0.25) is 29.5 Å². The number of nitrogens with zero attached hydrogens (tertiary/aromatic N) is 4. The fourth-order valence-corrected chi connectivity index (χ4v) is 4.00. The number of anilines is 3. The number of aromatic nitrogens is 4. The van der Waals surface area contributed by atoms with Crippen LogP contribution < -0.4 is 17.2 Å². The molecule has 4 aromatic heterocycles. The first-order valence-corrected chi connectivity index (χ1v) is 11.7. The van der Waals surface area contributed by atoms with Crippen molar-refractivity contribution in [2.24, 2.45) is 0 Å². The van der Waals surface area contributed by atoms with E-state index in [2.05, 4.69) is 19.9 Å². The standard InChI is InChI=1S/C29H23N7O2/c1-16-6-8-33-24(10-16)28(37)26-12-22(31)20(14-35-26)17-2-4-18(5-3-17)21-15-36-27(13-23(21)32)29(38)25-11-19(30)7-9-34-25/h2-15H,1H3,(H2,30,34)(H2,31,35)(H2,32,36). The van der Waals surface area contributed by atoms with E-state index < -0.39 is 0 Å². The van der Waals surface area contributed by atoms with Crippen molar-refractivity contribution >= 4 is 28.6 Å². The molecule has 5 rings (SSSR count). The van der Waals surface area contributed by atoms with E-state index >= 15 is 0 Å². The molecule has 0 aliphatic carbocycles. The molecule has 0 saturated carbocycles. The number of benzene rings is 1. The Balaban J connectivity index is 1.37. The summed E-state index contributed by atoms with van der Waals surface area (Å²) in [4.78, 5) is 42.3. The van der Waals surface area contributed by atoms with Crippen molar-refractivity contribution in [3.05, 3.63) is 114 Å². The molecule has 4 heterocycles. The third kappa shape index (κ3) is 4.80. The summed E-state index contributed by atoms with van der Waals surface area (Å²) in [6, 6.07) is 17.2. The number of nitrogens with two attached hydrogens (primary N) is 3. The molecule has 5 aromatic rings. The third-order valence-electron chi connectivity index (χ3n) is 6.01. The molecule has 0 spiro atoms. The maximum atomic E-state index is 12.8. The van der Waals surface area contributed by atoms with Gasteiger partial charge in [0.25, 0.3) is 0 Å². The van der Waals surface area contributed by atoms with E-state index in [1.807, 2.05) is 37.3 Å². The molecule has 0 fully saturated rings. The molecule has 0 radical (unpaired) electrons. The van der Waals surface area contributed by atoms with E-state index in [1.165, 1.54) is 18.3 Å². The number of hydrogen-bond acceptors (Lipinski definition) is 9. The van der Waals surface area contributed by atoms with E-state index in [1.54, 1.807) is 36.8 Å². The highest BCUT2D eigenvalue weighted by atomic mass is 16.1. The Kier molecular flexibility index (Phi) is 6.32. The van der Waals surface area contributed by atoms with Crippen LogP contribution in [0.2, 0.25) is 0 Å². The van der Waals surface area contributed by atoms with Crippen LogP contribution in [-0.2, 0) is 0 Å². The molecule has 0 unspecified atom stereocenters. The van der Waals surface area contributed by atoms with Crippen molar-refractivity contribution in [3.8, 4) is 22.3 Å². The molecule has 9 nitrogen and oxygen atoms in total. The molecule has 1 aromatic carbocycles. The van der Waals surface area contributed by atoms with Gasteiger partial charge in [-0.1, -0.05) is 24.3 Å². The Hall–Kier alpha value is -5.44. The predicted molar refractivity (Wildman–Crippen MR) is 146 cm³/mol. The van der Waals surface area contributed by atoms with Gasteiger partial charge in [-0.15, -0.1) is 0 Å². The molecule has 0 saturated heterocycles. The number of ketones is 2. The van der Waals surface area contributed by atoms with Crippen LogP contribution in [0.3, 0.4) is 0 Å². The number of carbonyl (C=O) groups excluding carboxylic acids is 2. The van der Waals surface area contributed by atoms with E-state index in [4.69, 9.17) is 17.2 Å². The van der Waals surface area contributed by atoms with Crippen molar-refractivity contribution < 1.29 is 9.59 Å². The molecule has 0 aliphatic rings. The lowest BCUT2D eigenvalue weighted by Gasteiger charge is -2.10. The minimum absolute atomic E-state index is 0.176. The van der Waals surface area contributed by atoms with E-state index in [0.29, 0.717) is 33.9 Å². The minimum Gasteiger partial charge on any atom is -0.399 e. The fraction of sp³-hybridized carbons (Fsp3) is 0.0345. The summed E-state index contributed by atoms with van der Waals surface area (Å²) in [5.41, 5.74) is 24.4. The fourth-order valence-electron chi connectivity index (χ4n) is 4.00. The van der Waals surface area contributed by atoms with E-state index in [0.717, 1.165) is 16.7 Å². The Morgan fingerprint density at radius 3 is 1.47 bits per heavy atom. The molecular formula is C29H23N7O2. The van der Waals surface area contributed by atoms with Gasteiger partial charge in [-0.2, -0.15) is 0 Å². The molecule has 186 valence electrons. The van der Waals surface area contributed by atoms with Crippen LogP contribution in [0, 0.1) is 6.92 Å². The van der Waals surface area contributed by atoms with Crippen molar-refractivity contribution in [1.29, 1.82) is 0 Å². The predicted octanol–water partition coefficient (Wildman–Crippen LogP) is 4.12. The topological polar surface area (TPSA) is 164 Å². The van der Waals surface area contributed by atoms with Crippen molar-refractivity contribution in [3.63, 3.8) is 0 Å². The normalized spacial score (nSPS) is 10.8. The zero-order chi connectivity index (χ0) is 26.8. The number of pyridine rings is 4. The zero-order valence-electron chi connectivity index (χ0n) is 20.4. The SMILES string of the molecule is Cc1ccnc(C(=O)c2cc(N)c(-c3ccc(-c4cnc(C(=O)c5cc(N)ccn5)cc4N)cc3)cn2)c1. The van der Waals surface area contributed by atoms with Crippen LogP contribution >= 0.6 is 0 Å². The minimum atomic E-state index is -0.367. The molecule has 9 heteroatoms. The summed E-state index contributed by atoms with van der Waals surface area (Å²) in [5.74, 6) is -0.660. The number of rotatable bonds is 6. The van der Waals surface area contributed by atoms with Gasteiger partial charge >= 0.3 is 0 Å². The molecule has 0 amide bonds. The largest absolute Gasteiger partial charge is 0.399 e. The van der Waals surface area contributed by atoms with Crippen LogP contribution in [0.4, 0.5) is 17.1 Å². The van der Waals surface area contributed by atoms with Gasteiger partial charge in [0.05, 0.1) is 0 Å². The number of nitrogen functional groups attached to an aromatic ring is 3. The van der Waals surface area contributed by atoms with Crippen LogP contribution in [-0.4, -0.2) is 31.5 Å². The van der Waals surface area contributed by atoms with Crippen molar-refractivity contribution in [2.45, 2.75) is 6.92 Å². The molecular weight excluding hydrogens is 478 g/mol. The average molecular weight is 502 g/mol. The quantitative estimate of drug-likeness (QED) is 0.290. The average Bonchev–Trinajstić information content (AvgIpc) is 2.92. The first-order chi connectivity index (χ1) is 18.3. The molecule has 6 N–H and O–H groups in total. The summed E-state index contributed by atoms with van der Waals surface area (Å²) in [6.45, 7) is 1.89. The van der Waals surface area contributed by atoms with E-state index in [-0.39, 0.29) is 28.6 Å². The highest BCUT2D eigenvalue weighted by Crippen LogP contribution is 2.31. The first kappa shape index (κ1) is 24.3. The summed E-state index contributed by atoms with van der Waals surface area (Å²) >= 11 is 0. The molecule has 0 bridgehead atoms. The highest BCUT2D eigenvalue weighted by Gasteiger charge is 2.17. The Labute approximate surface area is 218 Å². The van der Waals surface area contributed by atoms with Gasteiger partial charge in [0, 0.05) is 53.0 Å². The highest BCUT2D eigenvalue weighted by molar-refractivity contribution is 6.08. The second kappa shape index (κ2) is 9.90. The Morgan fingerprint density at radius 2 is 1.03 bits per heavy atom. The Morgan fingerprint density at radius 1 is 0.579 bits per heavy atom. The van der Waals surface area contributed by atoms with Gasteiger partial charge in [-0.05, 0) is 60.0 Å². The van der Waals surface area contributed by atoms with Gasteiger partial charge in [-0.25, -0.2) is 0 Å². The summed E-state index contributed by atoms with van der Waals surface area (Å²) in [6.07, 6.45) is 6.19. The summed E-state index contributed by atoms with van der Waals surface area (Å²) in [7, 11) is 0. The smallest absolute Gasteiger partial charge is 0.229 e. The molecule has 0 aliphatic heterocycles. The molecule has 38 heavy (non-hydrogen) atoms. The van der Waals surface area contributed by atoms with Crippen LogP contribution in [0.1, 0.15) is 37.9 Å². The first-order valence-electron chi connectivity index (χ1n) is 11.7. The maximum Gasteiger partial charge on any atom is 0.229 e.